The second-order valence-corrected chi connectivity index (χ2v) is 10.5. The maximum Gasteiger partial charge on any atom is 0.279 e. The van der Waals surface area contributed by atoms with Crippen LogP contribution in [0.1, 0.15) is 10.4 Å². The fraction of sp³-hybridized carbons (Fsp3) is 0.222. The smallest absolute Gasteiger partial charge is 0.279 e. The molecule has 2 fully saturated rings. The molecular weight excluding hydrogens is 427 g/mol. The number of amidine groups is 1. The molecule has 0 unspecified atom stereocenters. The summed E-state index contributed by atoms with van der Waals surface area (Å²) >= 11 is 13.5. The standard InChI is InChI=1S/C18H14Cl2N2O3S2/c19-13-7-6-12(8-14(13)20)22-15-9-27(24,25)10-16(15)26-18(22)21-17(23)11-4-2-1-3-5-11/h1-8,15-16H,9-10H2/t15-,16+/m0/s1. The molecule has 2 atom stereocenters. The van der Waals surface area contributed by atoms with Crippen molar-refractivity contribution < 1.29 is 13.2 Å². The molecule has 0 spiro atoms. The van der Waals surface area contributed by atoms with Crippen LogP contribution in [0, 0.1) is 0 Å². The molecule has 1 amide bonds. The van der Waals surface area contributed by atoms with Gasteiger partial charge in [0.2, 0.25) is 0 Å². The summed E-state index contributed by atoms with van der Waals surface area (Å²) < 4.78 is 24.2. The Bertz CT molecular complexity index is 1040. The van der Waals surface area contributed by atoms with Crippen LogP contribution in [0.2, 0.25) is 10.0 Å². The Labute approximate surface area is 171 Å². The molecule has 2 aliphatic rings. The zero-order valence-electron chi connectivity index (χ0n) is 13.9. The molecule has 2 aromatic carbocycles. The highest BCUT2D eigenvalue weighted by Crippen LogP contribution is 2.42. The van der Waals surface area contributed by atoms with E-state index in [2.05, 4.69) is 4.99 Å². The molecule has 0 bridgehead atoms. The topological polar surface area (TPSA) is 66.8 Å². The average molecular weight is 441 g/mol. The van der Waals surface area contributed by atoms with Crippen LogP contribution < -0.4 is 4.90 Å². The van der Waals surface area contributed by atoms with Crippen molar-refractivity contribution in [1.29, 1.82) is 0 Å². The van der Waals surface area contributed by atoms with E-state index in [9.17, 15) is 13.2 Å². The van der Waals surface area contributed by atoms with Gasteiger partial charge in [0.15, 0.2) is 15.0 Å². The second-order valence-electron chi connectivity index (χ2n) is 6.33. The highest BCUT2D eigenvalue weighted by molar-refractivity contribution is 8.16. The molecule has 2 saturated heterocycles. The van der Waals surface area contributed by atoms with Crippen molar-refractivity contribution >= 4 is 61.6 Å². The van der Waals surface area contributed by atoms with Gasteiger partial charge in [0.25, 0.3) is 5.91 Å². The van der Waals surface area contributed by atoms with E-state index < -0.39 is 9.84 Å². The number of fused-ring (bicyclic) bond motifs is 1. The molecule has 0 aromatic heterocycles. The SMILES string of the molecule is O=C(N=C1S[C@@H]2CS(=O)(=O)C[C@@H]2N1c1ccc(Cl)c(Cl)c1)c1ccccc1. The fourth-order valence-corrected chi connectivity index (χ4v) is 7.44. The summed E-state index contributed by atoms with van der Waals surface area (Å²) in [7, 11) is -3.13. The van der Waals surface area contributed by atoms with E-state index in [1.807, 2.05) is 6.07 Å². The molecule has 0 radical (unpaired) electrons. The van der Waals surface area contributed by atoms with Gasteiger partial charge in [-0.25, -0.2) is 8.42 Å². The number of carbonyl (C=O) groups is 1. The number of hydrogen-bond acceptors (Lipinski definition) is 4. The number of benzene rings is 2. The summed E-state index contributed by atoms with van der Waals surface area (Å²) in [5.74, 6) is -0.284. The molecule has 2 heterocycles. The van der Waals surface area contributed by atoms with Crippen LogP contribution in [0.3, 0.4) is 0 Å². The molecular formula is C18H14Cl2N2O3S2. The minimum absolute atomic E-state index is 0.0173. The number of rotatable bonds is 2. The number of sulfone groups is 1. The molecule has 0 aliphatic carbocycles. The maximum atomic E-state index is 12.6. The third kappa shape index (κ3) is 3.74. The largest absolute Gasteiger partial charge is 0.316 e. The molecule has 4 rings (SSSR count). The number of halogens is 2. The van der Waals surface area contributed by atoms with E-state index in [1.54, 1.807) is 47.4 Å². The van der Waals surface area contributed by atoms with Crippen molar-refractivity contribution in [1.82, 2.24) is 0 Å². The Balaban J connectivity index is 1.75. The van der Waals surface area contributed by atoms with Gasteiger partial charge in [-0.2, -0.15) is 4.99 Å². The minimum Gasteiger partial charge on any atom is -0.316 e. The Hall–Kier alpha value is -1.54. The van der Waals surface area contributed by atoms with Gasteiger partial charge in [-0.1, -0.05) is 53.2 Å². The molecule has 2 aromatic rings. The van der Waals surface area contributed by atoms with Gasteiger partial charge in [-0.05, 0) is 30.3 Å². The van der Waals surface area contributed by atoms with Crippen LogP contribution in [-0.4, -0.2) is 42.3 Å². The van der Waals surface area contributed by atoms with Crippen LogP contribution >= 0.6 is 35.0 Å². The first-order valence-electron chi connectivity index (χ1n) is 8.13. The molecule has 0 saturated carbocycles. The van der Waals surface area contributed by atoms with E-state index >= 15 is 0 Å². The maximum absolute atomic E-state index is 12.6. The lowest BCUT2D eigenvalue weighted by atomic mass is 10.2. The van der Waals surface area contributed by atoms with Gasteiger partial charge in [-0.3, -0.25) is 4.79 Å². The summed E-state index contributed by atoms with van der Waals surface area (Å²) in [6, 6.07) is 13.5. The van der Waals surface area contributed by atoms with Crippen molar-refractivity contribution in [2.45, 2.75) is 11.3 Å². The van der Waals surface area contributed by atoms with Gasteiger partial charge < -0.3 is 4.90 Å². The van der Waals surface area contributed by atoms with Gasteiger partial charge in [0, 0.05) is 16.5 Å². The predicted molar refractivity (Wildman–Crippen MR) is 111 cm³/mol. The van der Waals surface area contributed by atoms with Crippen molar-refractivity contribution in [3.63, 3.8) is 0 Å². The van der Waals surface area contributed by atoms with Crippen LogP contribution in [0.5, 0.6) is 0 Å². The second kappa shape index (κ2) is 7.13. The Kier molecular flexibility index (Phi) is 4.96. The number of aliphatic imine (C=N–C) groups is 1. The van der Waals surface area contributed by atoms with Gasteiger partial charge in [0.1, 0.15) is 0 Å². The highest BCUT2D eigenvalue weighted by atomic mass is 35.5. The number of anilines is 1. The van der Waals surface area contributed by atoms with Gasteiger partial charge in [-0.15, -0.1) is 0 Å². The summed E-state index contributed by atoms with van der Waals surface area (Å²) in [5, 5.41) is 1.07. The fourth-order valence-electron chi connectivity index (χ4n) is 3.23. The molecule has 9 heteroatoms. The molecule has 5 nitrogen and oxygen atoms in total. The first-order chi connectivity index (χ1) is 12.8. The van der Waals surface area contributed by atoms with Crippen molar-refractivity contribution in [3.05, 3.63) is 64.1 Å². The molecule has 2 aliphatic heterocycles. The molecule has 27 heavy (non-hydrogen) atoms. The lowest BCUT2D eigenvalue weighted by Crippen LogP contribution is -2.37. The Morgan fingerprint density at radius 1 is 1.07 bits per heavy atom. The zero-order chi connectivity index (χ0) is 19.2. The first kappa shape index (κ1) is 18.8. The Morgan fingerprint density at radius 3 is 2.52 bits per heavy atom. The molecule has 140 valence electrons. The van der Waals surface area contributed by atoms with E-state index in [4.69, 9.17) is 23.2 Å². The quantitative estimate of drug-likeness (QED) is 0.707. The number of nitrogens with zero attached hydrogens (tertiary/aromatic N) is 2. The molecule has 0 N–H and O–H groups in total. The van der Waals surface area contributed by atoms with Crippen molar-refractivity contribution in [2.75, 3.05) is 16.4 Å². The zero-order valence-corrected chi connectivity index (χ0v) is 17.0. The van der Waals surface area contributed by atoms with E-state index in [1.165, 1.54) is 11.8 Å². The van der Waals surface area contributed by atoms with Crippen molar-refractivity contribution in [3.8, 4) is 0 Å². The third-order valence-electron chi connectivity index (χ3n) is 4.47. The third-order valence-corrected chi connectivity index (χ3v) is 8.41. The average Bonchev–Trinajstić information content (AvgIpc) is 3.09. The van der Waals surface area contributed by atoms with Crippen LogP contribution in [0.4, 0.5) is 5.69 Å². The van der Waals surface area contributed by atoms with Crippen molar-refractivity contribution in [2.24, 2.45) is 4.99 Å². The number of amides is 1. The first-order valence-corrected chi connectivity index (χ1v) is 11.6. The lowest BCUT2D eigenvalue weighted by molar-refractivity contribution is 0.100. The summed E-state index contributed by atoms with van der Waals surface area (Å²) in [4.78, 5) is 18.6. The lowest BCUT2D eigenvalue weighted by Gasteiger charge is -2.24. The number of thioether (sulfide) groups is 1. The number of carbonyl (C=O) groups excluding carboxylic acids is 1. The monoisotopic (exact) mass is 440 g/mol. The van der Waals surface area contributed by atoms with Crippen LogP contribution in [0.25, 0.3) is 0 Å². The minimum atomic E-state index is -3.13. The van der Waals surface area contributed by atoms with Crippen LogP contribution in [0.15, 0.2) is 53.5 Å². The van der Waals surface area contributed by atoms with Gasteiger partial charge in [0.05, 0.1) is 27.6 Å². The predicted octanol–water partition coefficient (Wildman–Crippen LogP) is 3.91. The Morgan fingerprint density at radius 2 is 1.81 bits per heavy atom. The van der Waals surface area contributed by atoms with E-state index in [-0.39, 0.29) is 28.7 Å². The summed E-state index contributed by atoms with van der Waals surface area (Å²) in [6.07, 6.45) is 0. The van der Waals surface area contributed by atoms with Gasteiger partial charge >= 0.3 is 0 Å². The van der Waals surface area contributed by atoms with E-state index in [0.717, 1.165) is 0 Å². The van der Waals surface area contributed by atoms with Crippen LogP contribution in [-0.2, 0) is 9.84 Å². The summed E-state index contributed by atoms with van der Waals surface area (Å²) in [5.41, 5.74) is 1.14. The number of hydrogen-bond donors (Lipinski definition) is 0. The van der Waals surface area contributed by atoms with E-state index in [0.29, 0.717) is 26.5 Å². The normalized spacial score (nSPS) is 25.0. The highest BCUT2D eigenvalue weighted by Gasteiger charge is 2.49. The summed E-state index contributed by atoms with van der Waals surface area (Å²) in [6.45, 7) is 0.